The van der Waals surface area contributed by atoms with E-state index in [0.29, 0.717) is 32.3 Å². The smallest absolute Gasteiger partial charge is 0.239 e. The van der Waals surface area contributed by atoms with Gasteiger partial charge in [-0.05, 0) is 44.4 Å². The van der Waals surface area contributed by atoms with E-state index in [4.69, 9.17) is 10.5 Å². The molecule has 0 aromatic heterocycles. The zero-order valence-electron chi connectivity index (χ0n) is 15.3. The predicted octanol–water partition coefficient (Wildman–Crippen LogP) is 1.43. The Morgan fingerprint density at radius 1 is 0.960 bits per heavy atom. The summed E-state index contributed by atoms with van der Waals surface area (Å²) in [6.45, 7) is 2.71. The normalized spacial score (nSPS) is 25.6. The summed E-state index contributed by atoms with van der Waals surface area (Å²) in [6.07, 6.45) is 9.21. The van der Waals surface area contributed by atoms with Crippen LogP contribution in [0.1, 0.15) is 57.8 Å². The Morgan fingerprint density at radius 2 is 1.60 bits per heavy atom. The van der Waals surface area contributed by atoms with Crippen molar-refractivity contribution in [2.24, 2.45) is 17.6 Å². The van der Waals surface area contributed by atoms with E-state index in [1.54, 1.807) is 0 Å². The van der Waals surface area contributed by atoms with Crippen LogP contribution in [0.4, 0.5) is 0 Å². The summed E-state index contributed by atoms with van der Waals surface area (Å²) in [5, 5.41) is 3.23. The molecule has 3 N–H and O–H groups in total. The highest BCUT2D eigenvalue weighted by Crippen LogP contribution is 2.23. The fraction of sp³-hybridized carbons (Fsp3) is 0.895. The lowest BCUT2D eigenvalue weighted by atomic mass is 9.89. The minimum atomic E-state index is -0.420. The van der Waals surface area contributed by atoms with Crippen molar-refractivity contribution in [2.75, 3.05) is 26.3 Å². The average molecular weight is 351 g/mol. The van der Waals surface area contributed by atoms with E-state index in [1.165, 1.54) is 19.3 Å². The number of ether oxygens (including phenoxy) is 1. The number of likely N-dealkylation sites (tertiary alicyclic amines) is 1. The number of piperidine rings is 1. The van der Waals surface area contributed by atoms with Crippen LogP contribution in [-0.4, -0.2) is 55.1 Å². The average Bonchev–Trinajstić information content (AvgIpc) is 2.68. The summed E-state index contributed by atoms with van der Waals surface area (Å²) in [4.78, 5) is 27.0. The maximum Gasteiger partial charge on any atom is 0.239 e. The SMILES string of the molecule is NC(C(=O)N1CCC(C(=O)NC2CCCCC2)CC1)C1CCOCC1. The Morgan fingerprint density at radius 3 is 2.24 bits per heavy atom. The molecular formula is C19H33N3O3. The summed E-state index contributed by atoms with van der Waals surface area (Å²) in [5.74, 6) is 0.518. The zero-order chi connectivity index (χ0) is 17.6. The number of carbonyl (C=O) groups is 2. The molecule has 6 heteroatoms. The van der Waals surface area contributed by atoms with Gasteiger partial charge in [-0.15, -0.1) is 0 Å². The third kappa shape index (κ3) is 4.94. The van der Waals surface area contributed by atoms with Gasteiger partial charge in [-0.2, -0.15) is 0 Å². The number of amides is 2. The van der Waals surface area contributed by atoms with E-state index in [0.717, 1.165) is 38.5 Å². The number of rotatable bonds is 4. The first kappa shape index (κ1) is 18.6. The van der Waals surface area contributed by atoms with Crippen molar-refractivity contribution in [1.29, 1.82) is 0 Å². The molecule has 1 atom stereocenters. The molecule has 1 unspecified atom stereocenters. The third-order valence-corrected chi connectivity index (χ3v) is 6.19. The molecule has 2 amide bonds. The molecule has 1 saturated carbocycles. The molecule has 2 aliphatic heterocycles. The molecule has 3 aliphatic rings. The molecule has 0 bridgehead atoms. The van der Waals surface area contributed by atoms with E-state index >= 15 is 0 Å². The number of nitrogens with one attached hydrogen (secondary N) is 1. The van der Waals surface area contributed by atoms with E-state index in [1.807, 2.05) is 4.90 Å². The Bertz CT molecular complexity index is 451. The second kappa shape index (κ2) is 8.99. The minimum Gasteiger partial charge on any atom is -0.381 e. The van der Waals surface area contributed by atoms with Crippen molar-refractivity contribution in [3.05, 3.63) is 0 Å². The summed E-state index contributed by atoms with van der Waals surface area (Å²) < 4.78 is 5.35. The van der Waals surface area contributed by atoms with Gasteiger partial charge in [0.05, 0.1) is 6.04 Å². The van der Waals surface area contributed by atoms with Gasteiger partial charge in [-0.25, -0.2) is 0 Å². The highest BCUT2D eigenvalue weighted by Gasteiger charge is 2.33. The number of hydrogen-bond donors (Lipinski definition) is 2. The summed E-state index contributed by atoms with van der Waals surface area (Å²) in [6, 6.07) is -0.0561. The van der Waals surface area contributed by atoms with Gasteiger partial charge in [-0.3, -0.25) is 9.59 Å². The fourth-order valence-corrected chi connectivity index (χ4v) is 4.42. The van der Waals surface area contributed by atoms with Gasteiger partial charge in [0.2, 0.25) is 11.8 Å². The molecule has 6 nitrogen and oxygen atoms in total. The molecule has 2 saturated heterocycles. The third-order valence-electron chi connectivity index (χ3n) is 6.19. The summed E-state index contributed by atoms with van der Waals surface area (Å²) >= 11 is 0. The Labute approximate surface area is 150 Å². The van der Waals surface area contributed by atoms with E-state index in [-0.39, 0.29) is 23.7 Å². The van der Waals surface area contributed by atoms with Gasteiger partial charge in [-0.1, -0.05) is 19.3 Å². The first-order valence-corrected chi connectivity index (χ1v) is 10.1. The van der Waals surface area contributed by atoms with Crippen molar-refractivity contribution in [1.82, 2.24) is 10.2 Å². The molecule has 2 heterocycles. The van der Waals surface area contributed by atoms with Crippen LogP contribution in [0.15, 0.2) is 0 Å². The lowest BCUT2D eigenvalue weighted by molar-refractivity contribution is -0.138. The first-order chi connectivity index (χ1) is 12.1. The van der Waals surface area contributed by atoms with Crippen LogP contribution in [-0.2, 0) is 14.3 Å². The van der Waals surface area contributed by atoms with E-state index < -0.39 is 6.04 Å². The van der Waals surface area contributed by atoms with Crippen LogP contribution < -0.4 is 11.1 Å². The van der Waals surface area contributed by atoms with Crippen LogP contribution in [0.25, 0.3) is 0 Å². The molecule has 0 radical (unpaired) electrons. The molecule has 142 valence electrons. The van der Waals surface area contributed by atoms with Crippen molar-refractivity contribution in [3.8, 4) is 0 Å². The van der Waals surface area contributed by atoms with Crippen LogP contribution in [0.5, 0.6) is 0 Å². The van der Waals surface area contributed by atoms with Gasteiger partial charge in [0.15, 0.2) is 0 Å². The minimum absolute atomic E-state index is 0.0466. The first-order valence-electron chi connectivity index (χ1n) is 10.1. The van der Waals surface area contributed by atoms with Crippen molar-refractivity contribution < 1.29 is 14.3 Å². The number of hydrogen-bond acceptors (Lipinski definition) is 4. The Balaban J connectivity index is 1.42. The molecule has 1 aliphatic carbocycles. The highest BCUT2D eigenvalue weighted by molar-refractivity contribution is 5.83. The van der Waals surface area contributed by atoms with Crippen LogP contribution in [0.2, 0.25) is 0 Å². The molecule has 0 aromatic carbocycles. The summed E-state index contributed by atoms with van der Waals surface area (Å²) in [5.41, 5.74) is 6.21. The van der Waals surface area contributed by atoms with Crippen molar-refractivity contribution in [3.63, 3.8) is 0 Å². The molecule has 0 spiro atoms. The fourth-order valence-electron chi connectivity index (χ4n) is 4.42. The van der Waals surface area contributed by atoms with Gasteiger partial charge in [0.1, 0.15) is 0 Å². The molecule has 3 fully saturated rings. The zero-order valence-corrected chi connectivity index (χ0v) is 15.3. The van der Waals surface area contributed by atoms with Crippen LogP contribution in [0, 0.1) is 11.8 Å². The lowest BCUT2D eigenvalue weighted by Crippen LogP contribution is -2.52. The number of nitrogens with zero attached hydrogens (tertiary/aromatic N) is 1. The second-order valence-electron chi connectivity index (χ2n) is 7.92. The maximum absolute atomic E-state index is 12.7. The van der Waals surface area contributed by atoms with Gasteiger partial charge >= 0.3 is 0 Å². The molecular weight excluding hydrogens is 318 g/mol. The van der Waals surface area contributed by atoms with Crippen molar-refractivity contribution in [2.45, 2.75) is 69.9 Å². The number of nitrogens with two attached hydrogens (primary N) is 1. The van der Waals surface area contributed by atoms with Crippen LogP contribution >= 0.6 is 0 Å². The predicted molar refractivity (Wildman–Crippen MR) is 95.8 cm³/mol. The van der Waals surface area contributed by atoms with Crippen molar-refractivity contribution >= 4 is 11.8 Å². The monoisotopic (exact) mass is 351 g/mol. The Kier molecular flexibility index (Phi) is 6.70. The van der Waals surface area contributed by atoms with E-state index in [9.17, 15) is 9.59 Å². The maximum atomic E-state index is 12.7. The molecule has 0 aromatic rings. The number of carbonyl (C=O) groups excluding carboxylic acids is 2. The van der Waals surface area contributed by atoms with Crippen LogP contribution in [0.3, 0.4) is 0 Å². The molecule has 25 heavy (non-hydrogen) atoms. The van der Waals surface area contributed by atoms with Gasteiger partial charge < -0.3 is 20.7 Å². The quantitative estimate of drug-likeness (QED) is 0.802. The standard InChI is InChI=1S/C19H33N3O3/c20-17(14-8-12-25-13-9-14)19(24)22-10-6-15(7-11-22)18(23)21-16-4-2-1-3-5-16/h14-17H,1-13,20H2,(H,21,23). The Hall–Kier alpha value is -1.14. The largest absolute Gasteiger partial charge is 0.381 e. The second-order valence-corrected chi connectivity index (χ2v) is 7.92. The topological polar surface area (TPSA) is 84.7 Å². The summed E-state index contributed by atoms with van der Waals surface area (Å²) in [7, 11) is 0. The van der Waals surface area contributed by atoms with Gasteiger partial charge in [0.25, 0.3) is 0 Å². The lowest BCUT2D eigenvalue weighted by Gasteiger charge is -2.36. The molecule has 3 rings (SSSR count). The highest BCUT2D eigenvalue weighted by atomic mass is 16.5. The van der Waals surface area contributed by atoms with Gasteiger partial charge in [0, 0.05) is 38.3 Å². The van der Waals surface area contributed by atoms with E-state index in [2.05, 4.69) is 5.32 Å².